The molecule has 0 bridgehead atoms. The van der Waals surface area contributed by atoms with Gasteiger partial charge in [-0.2, -0.15) is 0 Å². The van der Waals surface area contributed by atoms with Crippen molar-refractivity contribution in [2.75, 3.05) is 0 Å². The summed E-state index contributed by atoms with van der Waals surface area (Å²) >= 11 is 0. The minimum atomic E-state index is -1.06. The second-order valence-electron chi connectivity index (χ2n) is 5.27. The molecule has 0 saturated heterocycles. The molecule has 1 aromatic carbocycles. The predicted octanol–water partition coefficient (Wildman–Crippen LogP) is 2.44. The quantitative estimate of drug-likeness (QED) is 0.773. The molecule has 2 rings (SSSR count). The first-order valence-corrected chi connectivity index (χ1v) is 6.93. The fourth-order valence-corrected chi connectivity index (χ4v) is 2.51. The molecule has 108 valence electrons. The van der Waals surface area contributed by atoms with Crippen molar-refractivity contribution in [1.29, 1.82) is 0 Å². The predicted molar refractivity (Wildman–Crippen MR) is 75.4 cm³/mol. The van der Waals surface area contributed by atoms with Crippen molar-refractivity contribution in [3.8, 4) is 0 Å². The van der Waals surface area contributed by atoms with Gasteiger partial charge in [0.25, 0.3) is 0 Å². The molecule has 0 radical (unpaired) electrons. The maximum absolute atomic E-state index is 12.0. The summed E-state index contributed by atoms with van der Waals surface area (Å²) in [5, 5.41) is 14.7. The van der Waals surface area contributed by atoms with E-state index in [4.69, 9.17) is 0 Å². The van der Waals surface area contributed by atoms with Crippen molar-refractivity contribution in [3.05, 3.63) is 35.9 Å². The number of nitrogens with one attached hydrogen (secondary N) is 2. The van der Waals surface area contributed by atoms with E-state index in [2.05, 4.69) is 10.6 Å². The fourth-order valence-electron chi connectivity index (χ4n) is 2.51. The lowest BCUT2D eigenvalue weighted by Gasteiger charge is -2.42. The molecular formula is C15H20N2O3. The van der Waals surface area contributed by atoms with E-state index in [-0.39, 0.29) is 5.54 Å². The number of benzene rings is 1. The molecular weight excluding hydrogens is 256 g/mol. The lowest BCUT2D eigenvalue weighted by molar-refractivity contribution is -0.139. The van der Waals surface area contributed by atoms with Crippen molar-refractivity contribution in [3.63, 3.8) is 0 Å². The summed E-state index contributed by atoms with van der Waals surface area (Å²) < 4.78 is 0. The number of carbonyl (C=O) groups excluding carboxylic acids is 1. The standard InChI is InChI=1S/C15H20N2O3/c1-2-15(9-6-10-15)17-14(20)16-12(13(18)19)11-7-4-3-5-8-11/h3-5,7-8,12H,2,6,9-10H2,1H3,(H,18,19)(H2,16,17,20)/t12-/m1/s1. The van der Waals surface area contributed by atoms with Gasteiger partial charge in [-0.1, -0.05) is 37.3 Å². The molecule has 0 heterocycles. The van der Waals surface area contributed by atoms with Crippen LogP contribution in [0.2, 0.25) is 0 Å². The molecule has 2 amide bonds. The smallest absolute Gasteiger partial charge is 0.330 e. The Morgan fingerprint density at radius 2 is 1.95 bits per heavy atom. The maximum atomic E-state index is 12.0. The van der Waals surface area contributed by atoms with Crippen LogP contribution in [0.4, 0.5) is 4.79 Å². The first-order chi connectivity index (χ1) is 9.56. The van der Waals surface area contributed by atoms with Crippen molar-refractivity contribution >= 4 is 12.0 Å². The first kappa shape index (κ1) is 14.4. The summed E-state index contributed by atoms with van der Waals surface area (Å²) in [6, 6.07) is 7.26. The third-order valence-corrected chi connectivity index (χ3v) is 4.02. The second kappa shape index (κ2) is 5.94. The van der Waals surface area contributed by atoms with Crippen molar-refractivity contribution < 1.29 is 14.7 Å². The van der Waals surface area contributed by atoms with Gasteiger partial charge in [0.05, 0.1) is 0 Å². The Morgan fingerprint density at radius 3 is 2.40 bits per heavy atom. The van der Waals surface area contributed by atoms with Gasteiger partial charge in [0.15, 0.2) is 6.04 Å². The number of hydrogen-bond acceptors (Lipinski definition) is 2. The summed E-state index contributed by atoms with van der Waals surface area (Å²) in [6.07, 6.45) is 3.89. The van der Waals surface area contributed by atoms with Gasteiger partial charge >= 0.3 is 12.0 Å². The molecule has 5 heteroatoms. The number of carboxylic acids is 1. The number of rotatable bonds is 5. The summed E-state index contributed by atoms with van der Waals surface area (Å²) in [7, 11) is 0. The Morgan fingerprint density at radius 1 is 1.30 bits per heavy atom. The molecule has 1 aliphatic rings. The molecule has 1 aromatic rings. The highest BCUT2D eigenvalue weighted by atomic mass is 16.4. The van der Waals surface area contributed by atoms with Crippen LogP contribution in [0, 0.1) is 0 Å². The van der Waals surface area contributed by atoms with Crippen LogP contribution in [-0.2, 0) is 4.79 Å². The van der Waals surface area contributed by atoms with Crippen LogP contribution in [0.25, 0.3) is 0 Å². The molecule has 5 nitrogen and oxygen atoms in total. The number of carbonyl (C=O) groups is 2. The maximum Gasteiger partial charge on any atom is 0.330 e. The molecule has 0 unspecified atom stereocenters. The number of carboxylic acid groups (broad SMARTS) is 1. The van der Waals surface area contributed by atoms with E-state index in [0.717, 1.165) is 25.7 Å². The summed E-state index contributed by atoms with van der Waals surface area (Å²) in [4.78, 5) is 23.3. The molecule has 0 aliphatic heterocycles. The average molecular weight is 276 g/mol. The first-order valence-electron chi connectivity index (χ1n) is 6.93. The van der Waals surface area contributed by atoms with Crippen molar-refractivity contribution in [2.24, 2.45) is 0 Å². The van der Waals surface area contributed by atoms with E-state index in [0.29, 0.717) is 5.56 Å². The van der Waals surface area contributed by atoms with E-state index >= 15 is 0 Å². The van der Waals surface area contributed by atoms with Crippen LogP contribution < -0.4 is 10.6 Å². The average Bonchev–Trinajstić information content (AvgIpc) is 2.41. The molecule has 3 N–H and O–H groups in total. The fraction of sp³-hybridized carbons (Fsp3) is 0.467. The highest BCUT2D eigenvalue weighted by Crippen LogP contribution is 2.34. The van der Waals surface area contributed by atoms with Gasteiger partial charge in [-0.3, -0.25) is 0 Å². The molecule has 0 aromatic heterocycles. The van der Waals surface area contributed by atoms with Gasteiger partial charge in [-0.15, -0.1) is 0 Å². The zero-order valence-electron chi connectivity index (χ0n) is 11.6. The minimum Gasteiger partial charge on any atom is -0.479 e. The number of aliphatic carboxylic acids is 1. The summed E-state index contributed by atoms with van der Waals surface area (Å²) in [5.41, 5.74) is 0.415. The molecule has 20 heavy (non-hydrogen) atoms. The lowest BCUT2D eigenvalue weighted by Crippen LogP contribution is -2.56. The van der Waals surface area contributed by atoms with Crippen LogP contribution in [0.5, 0.6) is 0 Å². The second-order valence-corrected chi connectivity index (χ2v) is 5.27. The van der Waals surface area contributed by atoms with Gasteiger partial charge < -0.3 is 15.7 Å². The molecule has 1 atom stereocenters. The molecule has 1 saturated carbocycles. The number of urea groups is 1. The zero-order valence-corrected chi connectivity index (χ0v) is 11.6. The number of amides is 2. The van der Waals surface area contributed by atoms with Gasteiger partial charge in [0.2, 0.25) is 0 Å². The zero-order chi connectivity index (χ0) is 14.6. The Balaban J connectivity index is 2.02. The topological polar surface area (TPSA) is 78.4 Å². The Bertz CT molecular complexity index is 478. The van der Waals surface area contributed by atoms with E-state index in [1.54, 1.807) is 24.3 Å². The van der Waals surface area contributed by atoms with Gasteiger partial charge in [-0.25, -0.2) is 9.59 Å². The molecule has 1 fully saturated rings. The Hall–Kier alpha value is -2.04. The van der Waals surface area contributed by atoms with Crippen LogP contribution in [0.3, 0.4) is 0 Å². The highest BCUT2D eigenvalue weighted by molar-refractivity contribution is 5.84. The number of hydrogen-bond donors (Lipinski definition) is 3. The van der Waals surface area contributed by atoms with Crippen LogP contribution in [0.1, 0.15) is 44.2 Å². The normalized spacial score (nSPS) is 17.6. The minimum absolute atomic E-state index is 0.149. The third-order valence-electron chi connectivity index (χ3n) is 4.02. The third kappa shape index (κ3) is 3.10. The Kier molecular flexibility index (Phi) is 4.27. The summed E-state index contributed by atoms with van der Waals surface area (Å²) in [6.45, 7) is 2.03. The van der Waals surface area contributed by atoms with Crippen LogP contribution in [0.15, 0.2) is 30.3 Å². The van der Waals surface area contributed by atoms with Gasteiger partial charge in [0.1, 0.15) is 0 Å². The van der Waals surface area contributed by atoms with Crippen molar-refractivity contribution in [1.82, 2.24) is 10.6 Å². The molecule has 0 spiro atoms. The lowest BCUT2D eigenvalue weighted by atomic mass is 9.75. The van der Waals surface area contributed by atoms with Gasteiger partial charge in [0, 0.05) is 5.54 Å². The Labute approximate surface area is 118 Å². The van der Waals surface area contributed by atoms with Gasteiger partial charge in [-0.05, 0) is 31.2 Å². The van der Waals surface area contributed by atoms with Crippen LogP contribution in [-0.4, -0.2) is 22.6 Å². The SMILES string of the molecule is CCC1(NC(=O)N[C@@H](C(=O)O)c2ccccc2)CCC1. The summed E-state index contributed by atoms with van der Waals surface area (Å²) in [5.74, 6) is -1.06. The van der Waals surface area contributed by atoms with E-state index in [1.165, 1.54) is 0 Å². The highest BCUT2D eigenvalue weighted by Gasteiger charge is 2.37. The van der Waals surface area contributed by atoms with Crippen molar-refractivity contribution in [2.45, 2.75) is 44.2 Å². The van der Waals surface area contributed by atoms with E-state index in [9.17, 15) is 14.7 Å². The largest absolute Gasteiger partial charge is 0.479 e. The monoisotopic (exact) mass is 276 g/mol. The molecule has 1 aliphatic carbocycles. The van der Waals surface area contributed by atoms with E-state index in [1.807, 2.05) is 13.0 Å². The van der Waals surface area contributed by atoms with Crippen LogP contribution >= 0.6 is 0 Å². The van der Waals surface area contributed by atoms with E-state index < -0.39 is 18.0 Å².